The second kappa shape index (κ2) is 23.5. The van der Waals surface area contributed by atoms with Gasteiger partial charge in [-0.1, -0.05) is 72.0 Å². The Morgan fingerprint density at radius 2 is 0.932 bits per heavy atom. The van der Waals surface area contributed by atoms with Crippen molar-refractivity contribution < 1.29 is 53.6 Å². The quantitative estimate of drug-likeness (QED) is 0.0664. The zero-order chi connectivity index (χ0) is 32.1. The third-order valence-corrected chi connectivity index (χ3v) is 4.48. The minimum absolute atomic E-state index is 0. The van der Waals surface area contributed by atoms with E-state index in [1.165, 1.54) is 6.07 Å². The zero-order valence-corrected chi connectivity index (χ0v) is 28.6. The first kappa shape index (κ1) is 53.7. The van der Waals surface area contributed by atoms with Gasteiger partial charge in [-0.05, 0) is 87.4 Å². The molecule has 44 heavy (non-hydrogen) atoms. The highest BCUT2D eigenvalue weighted by molar-refractivity contribution is 14.0. The van der Waals surface area contributed by atoms with Crippen LogP contribution in [0.25, 0.3) is 0 Å². The molecular weight excluding hydrogens is 707 g/mol. The highest BCUT2D eigenvalue weighted by Crippen LogP contribution is 2.34. The fraction of sp³-hybridized carbons (Fsp3) is 0.419. The van der Waals surface area contributed by atoms with Crippen LogP contribution in [0.3, 0.4) is 0 Å². The molecule has 0 amide bonds. The number of aryl methyl sites for hydroxylation is 3. The van der Waals surface area contributed by atoms with Gasteiger partial charge in [-0.3, -0.25) is 9.11 Å². The van der Waals surface area contributed by atoms with Crippen molar-refractivity contribution in [3.63, 3.8) is 0 Å². The van der Waals surface area contributed by atoms with E-state index in [0.29, 0.717) is 16.9 Å². The second-order valence-corrected chi connectivity index (χ2v) is 11.7. The van der Waals surface area contributed by atoms with E-state index in [1.54, 1.807) is 58.9 Å². The van der Waals surface area contributed by atoms with Crippen molar-refractivity contribution in [2.24, 2.45) is 0 Å². The molecular formula is C31H55IO11S. The smallest absolute Gasteiger partial charge is 0.394 e. The number of aliphatic hydroxyl groups is 1. The van der Waals surface area contributed by atoms with Crippen LogP contribution in [0.5, 0.6) is 28.7 Å². The molecule has 0 radical (unpaired) electrons. The van der Waals surface area contributed by atoms with Crippen molar-refractivity contribution in [2.75, 3.05) is 0 Å². The number of phenolic OH excluding ortho intramolecular Hbond substituents is 5. The Labute approximate surface area is 280 Å². The van der Waals surface area contributed by atoms with E-state index < -0.39 is 16.0 Å². The van der Waals surface area contributed by atoms with Gasteiger partial charge in [0.2, 0.25) is 0 Å². The maximum atomic E-state index is 9.39. The lowest BCUT2D eigenvalue weighted by molar-refractivity contribution is 0.102. The van der Waals surface area contributed by atoms with E-state index in [0.717, 1.165) is 11.1 Å². The summed E-state index contributed by atoms with van der Waals surface area (Å²) < 4.78 is 31.6. The Kier molecular flexibility index (Phi) is 28.7. The number of hydrogen-bond donors (Lipinski definition) is 8. The Morgan fingerprint density at radius 3 is 1.20 bits per heavy atom. The molecule has 3 rings (SSSR count). The summed E-state index contributed by atoms with van der Waals surface area (Å²) in [7, 11) is -4.67. The third-order valence-electron chi connectivity index (χ3n) is 4.48. The van der Waals surface area contributed by atoms with E-state index in [2.05, 4.69) is 20.8 Å². The van der Waals surface area contributed by atoms with Gasteiger partial charge in [0, 0.05) is 0 Å². The van der Waals surface area contributed by atoms with Gasteiger partial charge in [0.05, 0.1) is 5.60 Å². The summed E-state index contributed by atoms with van der Waals surface area (Å²) in [6.07, 6.45) is 0. The van der Waals surface area contributed by atoms with Crippen LogP contribution in [0.2, 0.25) is 0 Å². The number of aromatic hydroxyl groups is 5. The minimum Gasteiger partial charge on any atom is -0.508 e. The molecule has 13 heteroatoms. The maximum absolute atomic E-state index is 9.39. The molecule has 0 saturated heterocycles. The summed E-state index contributed by atoms with van der Waals surface area (Å²) in [4.78, 5) is 0. The Morgan fingerprint density at radius 1 is 0.591 bits per heavy atom. The fourth-order valence-electron chi connectivity index (χ4n) is 2.40. The van der Waals surface area contributed by atoms with Crippen molar-refractivity contribution in [1.29, 1.82) is 0 Å². The van der Waals surface area contributed by atoms with E-state index in [4.69, 9.17) is 37.9 Å². The second-order valence-electron chi connectivity index (χ2n) is 10.8. The van der Waals surface area contributed by atoms with Crippen LogP contribution in [0, 0.1) is 20.8 Å². The molecule has 0 heterocycles. The van der Waals surface area contributed by atoms with E-state index in [1.807, 2.05) is 31.2 Å². The molecule has 3 aromatic carbocycles. The lowest BCUT2D eigenvalue weighted by Gasteiger charge is -2.20. The molecule has 0 fully saturated rings. The van der Waals surface area contributed by atoms with Gasteiger partial charge in [0.1, 0.15) is 5.75 Å². The van der Waals surface area contributed by atoms with Gasteiger partial charge in [-0.25, -0.2) is 0 Å². The summed E-state index contributed by atoms with van der Waals surface area (Å²) in [6.45, 7) is 16.8. The highest BCUT2D eigenvalue weighted by Gasteiger charge is 2.16. The Hall–Kier alpha value is -2.82. The van der Waals surface area contributed by atoms with Crippen LogP contribution in [-0.4, -0.2) is 59.2 Å². The number of benzene rings is 3. The minimum atomic E-state index is -4.67. The molecule has 11 nitrogen and oxygen atoms in total. The van der Waals surface area contributed by atoms with Gasteiger partial charge < -0.3 is 36.1 Å². The fourth-order valence-corrected chi connectivity index (χ4v) is 2.40. The largest absolute Gasteiger partial charge is 0.508 e. The predicted molar refractivity (Wildman–Crippen MR) is 189 cm³/mol. The molecule has 0 spiro atoms. The van der Waals surface area contributed by atoms with E-state index >= 15 is 0 Å². The SMILES string of the molecule is C.C.CC(C)(C)O.Cc1cc(C(C)(C)C)cc(O)c1O.Cc1cccc(O)c1O.Cc1ccccc1O.I.O.O=S(=O)(O)O. The van der Waals surface area contributed by atoms with Crippen molar-refractivity contribution in [3.05, 3.63) is 76.9 Å². The molecule has 0 aliphatic carbocycles. The molecule has 0 unspecified atom stereocenters. The van der Waals surface area contributed by atoms with Crippen molar-refractivity contribution in [2.45, 2.75) is 88.2 Å². The Balaban J connectivity index is -0.000000105. The van der Waals surface area contributed by atoms with Crippen LogP contribution in [0.15, 0.2) is 54.6 Å². The summed E-state index contributed by atoms with van der Waals surface area (Å²) in [5.41, 5.74) is 2.85. The first-order chi connectivity index (χ1) is 17.8. The summed E-state index contributed by atoms with van der Waals surface area (Å²) in [5.74, 6) is 0.220. The van der Waals surface area contributed by atoms with Crippen molar-refractivity contribution >= 4 is 34.4 Å². The van der Waals surface area contributed by atoms with Crippen molar-refractivity contribution in [1.82, 2.24) is 0 Å². The number of hydrogen-bond acceptors (Lipinski definition) is 8. The summed E-state index contributed by atoms with van der Waals surface area (Å²) >= 11 is 0. The monoisotopic (exact) mass is 762 g/mol. The zero-order valence-electron chi connectivity index (χ0n) is 25.4. The average Bonchev–Trinajstić information content (AvgIpc) is 2.75. The molecule has 0 saturated carbocycles. The molecule has 0 atom stereocenters. The number of phenols is 5. The highest BCUT2D eigenvalue weighted by atomic mass is 127. The standard InChI is InChI=1S/C11H16O2.C7H8O2.C7H8O.C4H10O.2CH4.HI.H2O4S.H2O/c1-7-5-8(11(2,3)4)6-9(12)10(7)13;1-5-3-2-4-6(8)7(5)9;1-6-4-2-3-5-7(6)8;1-4(2,3)5;;;;1-5(2,3)4;/h5-6,12-13H,1-4H3;2-4,8-9H,1H3;2-5,8H,1H3;5H,1-3H3;2*1H4;1H;(H2,1,2,3,4);1H2. The molecule has 258 valence electrons. The maximum Gasteiger partial charge on any atom is 0.394 e. The van der Waals surface area contributed by atoms with E-state index in [9.17, 15) is 10.2 Å². The van der Waals surface area contributed by atoms with Crippen molar-refractivity contribution in [3.8, 4) is 28.7 Å². The van der Waals surface area contributed by atoms with Crippen LogP contribution in [-0.2, 0) is 15.8 Å². The molecule has 0 aromatic heterocycles. The predicted octanol–water partition coefficient (Wildman–Crippen LogP) is 7.00. The van der Waals surface area contributed by atoms with Crippen LogP contribution in [0.4, 0.5) is 0 Å². The molecule has 10 N–H and O–H groups in total. The molecule has 0 aliphatic rings. The van der Waals surface area contributed by atoms with Crippen LogP contribution in [0.1, 0.15) is 78.6 Å². The van der Waals surface area contributed by atoms with Crippen LogP contribution < -0.4 is 0 Å². The average molecular weight is 763 g/mol. The summed E-state index contributed by atoms with van der Waals surface area (Å²) in [5, 5.41) is 54.0. The van der Waals surface area contributed by atoms with Gasteiger partial charge >= 0.3 is 10.4 Å². The summed E-state index contributed by atoms with van der Waals surface area (Å²) in [6, 6.07) is 15.6. The molecule has 0 aliphatic heterocycles. The first-order valence-electron chi connectivity index (χ1n) is 12.0. The lowest BCUT2D eigenvalue weighted by Crippen LogP contribution is -2.10. The van der Waals surface area contributed by atoms with Gasteiger partial charge in [-0.2, -0.15) is 8.42 Å². The topological polar surface area (TPSA) is 227 Å². The third kappa shape index (κ3) is 29.3. The normalized spacial score (nSPS) is 9.73. The Bertz CT molecular complexity index is 1220. The first-order valence-corrected chi connectivity index (χ1v) is 13.4. The van der Waals surface area contributed by atoms with Gasteiger partial charge in [0.25, 0.3) is 0 Å². The molecule has 0 bridgehead atoms. The number of halogens is 1. The number of para-hydroxylation sites is 2. The number of rotatable bonds is 0. The van der Waals surface area contributed by atoms with Gasteiger partial charge in [0.15, 0.2) is 23.0 Å². The van der Waals surface area contributed by atoms with E-state index in [-0.39, 0.29) is 72.7 Å². The lowest BCUT2D eigenvalue weighted by atomic mass is 9.86. The van der Waals surface area contributed by atoms with Gasteiger partial charge in [-0.15, -0.1) is 24.0 Å². The molecule has 3 aromatic rings. The van der Waals surface area contributed by atoms with Crippen LogP contribution >= 0.6 is 24.0 Å².